The van der Waals surface area contributed by atoms with Crippen LogP contribution in [0.1, 0.15) is 19.4 Å². The Balaban J connectivity index is 2.21. The highest BCUT2D eigenvalue weighted by Crippen LogP contribution is 2.28. The van der Waals surface area contributed by atoms with Crippen LogP contribution < -0.4 is 9.46 Å². The van der Waals surface area contributed by atoms with Crippen LogP contribution in [0, 0.1) is 0 Å². The number of hydrogen-bond donors (Lipinski definition) is 1. The molecule has 0 spiro atoms. The second kappa shape index (κ2) is 7.03. The Kier molecular flexibility index (Phi) is 5.49. The van der Waals surface area contributed by atoms with Crippen LogP contribution in [0.25, 0.3) is 0 Å². The first kappa shape index (κ1) is 18.0. The van der Waals surface area contributed by atoms with Crippen molar-refractivity contribution in [3.63, 3.8) is 0 Å². The van der Waals surface area contributed by atoms with Gasteiger partial charge in [-0.2, -0.15) is 0 Å². The van der Waals surface area contributed by atoms with Gasteiger partial charge in [0.15, 0.2) is 0 Å². The van der Waals surface area contributed by atoms with Gasteiger partial charge in [-0.3, -0.25) is 0 Å². The summed E-state index contributed by atoms with van der Waals surface area (Å²) in [7, 11) is -2.08. The molecule has 0 aliphatic rings. The number of ether oxygens (including phenoxy) is 1. The molecular weight excluding hydrogens is 378 g/mol. The Morgan fingerprint density at radius 2 is 1.78 bits per heavy atom. The van der Waals surface area contributed by atoms with Gasteiger partial charge in [-0.05, 0) is 60.0 Å². The quantitative estimate of drug-likeness (QED) is 0.806. The van der Waals surface area contributed by atoms with Crippen LogP contribution in [0.3, 0.4) is 0 Å². The molecule has 0 radical (unpaired) electrons. The Hall–Kier alpha value is -1.37. The summed E-state index contributed by atoms with van der Waals surface area (Å²) in [5.74, 6) is 0.590. The number of rotatable bonds is 6. The molecule has 0 fully saturated rings. The van der Waals surface area contributed by atoms with Crippen LogP contribution in [0.5, 0.6) is 5.75 Å². The van der Waals surface area contributed by atoms with E-state index >= 15 is 0 Å². The molecule has 0 heterocycles. The highest BCUT2D eigenvalue weighted by molar-refractivity contribution is 9.10. The summed E-state index contributed by atoms with van der Waals surface area (Å²) in [6.07, 6.45) is 0.602. The fourth-order valence-electron chi connectivity index (χ4n) is 2.38. The molecule has 2 aromatic carbocycles. The lowest BCUT2D eigenvalue weighted by molar-refractivity contribution is 0.411. The summed E-state index contributed by atoms with van der Waals surface area (Å²) in [5, 5.41) is 0. The van der Waals surface area contributed by atoms with Gasteiger partial charge in [0.25, 0.3) is 0 Å². The monoisotopic (exact) mass is 397 g/mol. The second-order valence-electron chi connectivity index (χ2n) is 5.95. The number of sulfonamides is 1. The molecule has 2 rings (SSSR count). The molecule has 4 nitrogen and oxygen atoms in total. The van der Waals surface area contributed by atoms with Crippen molar-refractivity contribution in [3.8, 4) is 5.75 Å². The Morgan fingerprint density at radius 3 is 2.35 bits per heavy atom. The van der Waals surface area contributed by atoms with E-state index in [1.807, 2.05) is 44.2 Å². The topological polar surface area (TPSA) is 55.4 Å². The lowest BCUT2D eigenvalue weighted by Gasteiger charge is -2.26. The van der Waals surface area contributed by atoms with E-state index in [2.05, 4.69) is 20.7 Å². The van der Waals surface area contributed by atoms with Gasteiger partial charge >= 0.3 is 0 Å². The minimum Gasteiger partial charge on any atom is -0.496 e. The summed E-state index contributed by atoms with van der Waals surface area (Å²) in [4.78, 5) is 0.200. The molecular formula is C17H20BrNO3S. The smallest absolute Gasteiger partial charge is 0.241 e. The van der Waals surface area contributed by atoms with Crippen molar-refractivity contribution in [1.82, 2.24) is 4.72 Å². The molecule has 2 aromatic rings. The van der Waals surface area contributed by atoms with Crippen molar-refractivity contribution in [1.29, 1.82) is 0 Å². The van der Waals surface area contributed by atoms with Gasteiger partial charge in [-0.15, -0.1) is 0 Å². The summed E-state index contributed by atoms with van der Waals surface area (Å²) >= 11 is 3.32. The molecule has 6 heteroatoms. The number of benzene rings is 2. The number of nitrogens with one attached hydrogen (secondary N) is 1. The number of hydrogen-bond acceptors (Lipinski definition) is 3. The maximum atomic E-state index is 12.6. The molecule has 124 valence electrons. The van der Waals surface area contributed by atoms with E-state index in [0.717, 1.165) is 5.56 Å². The summed E-state index contributed by atoms with van der Waals surface area (Å²) in [5.41, 5.74) is 0.475. The highest BCUT2D eigenvalue weighted by atomic mass is 79.9. The summed E-state index contributed by atoms with van der Waals surface area (Å²) in [6, 6.07) is 14.5. The maximum Gasteiger partial charge on any atom is 0.241 e. The minimum atomic E-state index is -3.62. The third-order valence-electron chi connectivity index (χ3n) is 3.33. The highest BCUT2D eigenvalue weighted by Gasteiger charge is 2.27. The van der Waals surface area contributed by atoms with Gasteiger partial charge < -0.3 is 4.74 Å². The van der Waals surface area contributed by atoms with Crippen LogP contribution >= 0.6 is 15.9 Å². The SMILES string of the molecule is COc1ccc(S(=O)(=O)NC(C)(C)Cc2ccccc2)cc1Br. The molecule has 0 saturated heterocycles. The maximum absolute atomic E-state index is 12.6. The Labute approximate surface area is 146 Å². The van der Waals surface area contributed by atoms with Gasteiger partial charge in [0, 0.05) is 5.54 Å². The summed E-state index contributed by atoms with van der Waals surface area (Å²) in [6.45, 7) is 3.74. The zero-order valence-corrected chi connectivity index (χ0v) is 15.7. The predicted molar refractivity (Wildman–Crippen MR) is 95.2 cm³/mol. The zero-order valence-electron chi connectivity index (χ0n) is 13.3. The van der Waals surface area contributed by atoms with Crippen molar-refractivity contribution in [2.45, 2.75) is 30.7 Å². The van der Waals surface area contributed by atoms with E-state index < -0.39 is 15.6 Å². The first-order valence-corrected chi connectivity index (χ1v) is 9.42. The van der Waals surface area contributed by atoms with Crippen LogP contribution in [0.4, 0.5) is 0 Å². The van der Waals surface area contributed by atoms with E-state index in [1.165, 1.54) is 13.2 Å². The van der Waals surface area contributed by atoms with Crippen molar-refractivity contribution < 1.29 is 13.2 Å². The van der Waals surface area contributed by atoms with Crippen molar-refractivity contribution in [2.75, 3.05) is 7.11 Å². The lowest BCUT2D eigenvalue weighted by Crippen LogP contribution is -2.44. The average molecular weight is 398 g/mol. The third kappa shape index (κ3) is 4.80. The van der Waals surface area contributed by atoms with E-state index in [4.69, 9.17) is 4.74 Å². The molecule has 0 saturated carbocycles. The fourth-order valence-corrected chi connectivity index (χ4v) is 4.51. The minimum absolute atomic E-state index is 0.200. The lowest BCUT2D eigenvalue weighted by atomic mass is 9.96. The van der Waals surface area contributed by atoms with E-state index in [1.54, 1.807) is 12.1 Å². The van der Waals surface area contributed by atoms with Crippen molar-refractivity contribution >= 4 is 26.0 Å². The first-order valence-electron chi connectivity index (χ1n) is 7.15. The number of methoxy groups -OCH3 is 1. The van der Waals surface area contributed by atoms with Crippen LogP contribution in [-0.2, 0) is 16.4 Å². The van der Waals surface area contributed by atoms with Crippen LogP contribution in [0.2, 0.25) is 0 Å². The largest absolute Gasteiger partial charge is 0.496 e. The Morgan fingerprint density at radius 1 is 1.13 bits per heavy atom. The van der Waals surface area contributed by atoms with E-state index in [-0.39, 0.29) is 4.90 Å². The Bertz CT molecular complexity index is 774. The molecule has 1 N–H and O–H groups in total. The third-order valence-corrected chi connectivity index (χ3v) is 5.65. The van der Waals surface area contributed by atoms with Gasteiger partial charge in [0.2, 0.25) is 10.0 Å². The van der Waals surface area contributed by atoms with Gasteiger partial charge in [-0.1, -0.05) is 30.3 Å². The van der Waals surface area contributed by atoms with E-state index in [0.29, 0.717) is 16.6 Å². The fraction of sp³-hybridized carbons (Fsp3) is 0.294. The van der Waals surface area contributed by atoms with Gasteiger partial charge in [-0.25, -0.2) is 13.1 Å². The molecule has 0 atom stereocenters. The van der Waals surface area contributed by atoms with Gasteiger partial charge in [0.05, 0.1) is 16.5 Å². The molecule has 0 amide bonds. The standard InChI is InChI=1S/C17H20BrNO3S/c1-17(2,12-13-7-5-4-6-8-13)19-23(20,21)14-9-10-16(22-3)15(18)11-14/h4-11,19H,12H2,1-3H3. The first-order chi connectivity index (χ1) is 10.7. The van der Waals surface area contributed by atoms with Crippen LogP contribution in [0.15, 0.2) is 57.9 Å². The number of halogens is 1. The summed E-state index contributed by atoms with van der Waals surface area (Å²) < 4.78 is 33.7. The van der Waals surface area contributed by atoms with Crippen molar-refractivity contribution in [2.24, 2.45) is 0 Å². The molecule has 23 heavy (non-hydrogen) atoms. The predicted octanol–water partition coefficient (Wildman–Crippen LogP) is 3.76. The normalized spacial score (nSPS) is 12.2. The average Bonchev–Trinajstić information content (AvgIpc) is 2.46. The van der Waals surface area contributed by atoms with Crippen LogP contribution in [-0.4, -0.2) is 21.1 Å². The molecule has 0 bridgehead atoms. The van der Waals surface area contributed by atoms with Gasteiger partial charge in [0.1, 0.15) is 5.75 Å². The second-order valence-corrected chi connectivity index (χ2v) is 8.48. The van der Waals surface area contributed by atoms with Crippen molar-refractivity contribution in [3.05, 3.63) is 58.6 Å². The molecule has 0 aliphatic heterocycles. The molecule has 0 aliphatic carbocycles. The molecule has 0 unspecified atom stereocenters. The molecule has 0 aromatic heterocycles. The zero-order chi connectivity index (χ0) is 17.1. The van der Waals surface area contributed by atoms with E-state index in [9.17, 15) is 8.42 Å².